The summed E-state index contributed by atoms with van der Waals surface area (Å²) in [5, 5.41) is 1.78. The van der Waals surface area contributed by atoms with Crippen molar-refractivity contribution in [2.24, 2.45) is 0 Å². The van der Waals surface area contributed by atoms with E-state index in [4.69, 9.17) is 0 Å². The van der Waals surface area contributed by atoms with Crippen LogP contribution in [0, 0.1) is 0 Å². The third-order valence-corrected chi connectivity index (χ3v) is 5.11. The fourth-order valence-corrected chi connectivity index (χ4v) is 2.70. The van der Waals surface area contributed by atoms with Crippen LogP contribution in [0.15, 0.2) is 18.5 Å². The Kier molecular flexibility index (Phi) is 4.76. The van der Waals surface area contributed by atoms with E-state index in [2.05, 4.69) is 15.3 Å². The molecule has 2 atom stereocenters. The Morgan fingerprint density at radius 1 is 1.43 bits per heavy atom. The molecule has 0 radical (unpaired) electrons. The summed E-state index contributed by atoms with van der Waals surface area (Å²) < 4.78 is 22.8. The summed E-state index contributed by atoms with van der Waals surface area (Å²) in [5.41, 5.74) is 0. The molecule has 1 amide bonds. The summed E-state index contributed by atoms with van der Waals surface area (Å²) in [5.74, 6) is 0.186. The first-order chi connectivity index (χ1) is 9.88. The Balaban J connectivity index is 1.97. The summed E-state index contributed by atoms with van der Waals surface area (Å²) in [4.78, 5) is 22.4. The number of amides is 1. The van der Waals surface area contributed by atoms with E-state index in [-0.39, 0.29) is 6.04 Å². The molecule has 7 nitrogen and oxygen atoms in total. The van der Waals surface area contributed by atoms with Gasteiger partial charge in [-0.2, -0.15) is 0 Å². The van der Waals surface area contributed by atoms with Crippen LogP contribution in [-0.2, 0) is 14.6 Å². The zero-order valence-electron chi connectivity index (χ0n) is 12.2. The number of hydrogen-bond acceptors (Lipinski definition) is 6. The number of anilines is 1. The lowest BCUT2D eigenvalue weighted by atomic mass is 10.1. The smallest absolute Gasteiger partial charge is 0.238 e. The standard InChI is InChI=1S/C13H20N4O3S/c1-10(21(2,19)20)12(18)16-11-5-3-8-17(9-11)13-14-6-4-7-15-13/h4,6-7,10-11H,3,5,8-9H2,1-2H3,(H,16,18)/t10-,11-/m1/s1. The second kappa shape index (κ2) is 6.38. The van der Waals surface area contributed by atoms with Crippen molar-refractivity contribution in [2.45, 2.75) is 31.1 Å². The zero-order valence-corrected chi connectivity index (χ0v) is 13.0. The summed E-state index contributed by atoms with van der Waals surface area (Å²) in [6, 6.07) is 1.67. The molecule has 1 aromatic rings. The van der Waals surface area contributed by atoms with Crippen LogP contribution in [0.4, 0.5) is 5.95 Å². The molecular weight excluding hydrogens is 292 g/mol. The van der Waals surface area contributed by atoms with Gasteiger partial charge in [0.15, 0.2) is 9.84 Å². The Morgan fingerprint density at radius 3 is 2.71 bits per heavy atom. The fraction of sp³-hybridized carbons (Fsp3) is 0.615. The first kappa shape index (κ1) is 15.7. The largest absolute Gasteiger partial charge is 0.350 e. The molecule has 1 N–H and O–H groups in total. The van der Waals surface area contributed by atoms with Crippen molar-refractivity contribution >= 4 is 21.7 Å². The third kappa shape index (κ3) is 4.13. The van der Waals surface area contributed by atoms with Gasteiger partial charge in [0.05, 0.1) is 0 Å². The van der Waals surface area contributed by atoms with E-state index in [9.17, 15) is 13.2 Å². The number of nitrogens with zero attached hydrogens (tertiary/aromatic N) is 3. The van der Waals surface area contributed by atoms with Crippen LogP contribution in [-0.4, -0.2) is 54.9 Å². The first-order valence-electron chi connectivity index (χ1n) is 6.89. The molecule has 1 aromatic heterocycles. The molecule has 0 unspecified atom stereocenters. The van der Waals surface area contributed by atoms with Gasteiger partial charge in [0.1, 0.15) is 5.25 Å². The maximum absolute atomic E-state index is 12.0. The molecule has 1 aliphatic heterocycles. The molecule has 116 valence electrons. The summed E-state index contributed by atoms with van der Waals surface area (Å²) in [7, 11) is -3.37. The molecule has 2 rings (SSSR count). The molecule has 1 saturated heterocycles. The van der Waals surface area contributed by atoms with E-state index in [1.54, 1.807) is 18.5 Å². The van der Waals surface area contributed by atoms with Gasteiger partial charge in [0.25, 0.3) is 0 Å². The van der Waals surface area contributed by atoms with Crippen molar-refractivity contribution < 1.29 is 13.2 Å². The molecule has 0 aliphatic carbocycles. The normalized spacial score (nSPS) is 20.9. The van der Waals surface area contributed by atoms with Gasteiger partial charge in [-0.05, 0) is 25.8 Å². The van der Waals surface area contributed by atoms with Gasteiger partial charge in [-0.3, -0.25) is 4.79 Å². The van der Waals surface area contributed by atoms with Crippen LogP contribution in [0.2, 0.25) is 0 Å². The lowest BCUT2D eigenvalue weighted by Gasteiger charge is -2.33. The lowest BCUT2D eigenvalue weighted by molar-refractivity contribution is -0.121. The maximum Gasteiger partial charge on any atom is 0.238 e. The fourth-order valence-electron chi connectivity index (χ4n) is 2.24. The second-order valence-electron chi connectivity index (χ2n) is 5.31. The van der Waals surface area contributed by atoms with E-state index in [1.165, 1.54) is 6.92 Å². The number of hydrogen-bond donors (Lipinski definition) is 1. The van der Waals surface area contributed by atoms with Crippen LogP contribution in [0.3, 0.4) is 0 Å². The van der Waals surface area contributed by atoms with Gasteiger partial charge in [0.2, 0.25) is 11.9 Å². The summed E-state index contributed by atoms with van der Waals surface area (Å²) >= 11 is 0. The number of aromatic nitrogens is 2. The monoisotopic (exact) mass is 312 g/mol. The molecule has 0 saturated carbocycles. The van der Waals surface area contributed by atoms with Crippen molar-refractivity contribution in [2.75, 3.05) is 24.2 Å². The van der Waals surface area contributed by atoms with Crippen LogP contribution < -0.4 is 10.2 Å². The molecule has 1 aliphatic rings. The van der Waals surface area contributed by atoms with Crippen molar-refractivity contribution in [3.05, 3.63) is 18.5 Å². The predicted molar refractivity (Wildman–Crippen MR) is 79.7 cm³/mol. The molecule has 8 heteroatoms. The topological polar surface area (TPSA) is 92.3 Å². The van der Waals surface area contributed by atoms with Crippen molar-refractivity contribution in [1.29, 1.82) is 0 Å². The predicted octanol–water partition coefficient (Wildman–Crippen LogP) is -0.00530. The molecule has 0 aromatic carbocycles. The Morgan fingerprint density at radius 2 is 2.10 bits per heavy atom. The van der Waals surface area contributed by atoms with Crippen molar-refractivity contribution in [3.8, 4) is 0 Å². The SMILES string of the molecule is C[C@H](C(=O)N[C@@H]1CCCN(c2ncccn2)C1)S(C)(=O)=O. The van der Waals surface area contributed by atoms with Gasteiger partial charge >= 0.3 is 0 Å². The highest BCUT2D eigenvalue weighted by atomic mass is 32.2. The quantitative estimate of drug-likeness (QED) is 0.841. The molecule has 0 spiro atoms. The highest BCUT2D eigenvalue weighted by molar-refractivity contribution is 7.92. The van der Waals surface area contributed by atoms with Gasteiger partial charge in [-0.1, -0.05) is 0 Å². The van der Waals surface area contributed by atoms with Crippen LogP contribution in [0.25, 0.3) is 0 Å². The number of carbonyl (C=O) groups is 1. The number of sulfone groups is 1. The maximum atomic E-state index is 12.0. The summed E-state index contributed by atoms with van der Waals surface area (Å²) in [6.07, 6.45) is 6.15. The number of nitrogens with one attached hydrogen (secondary N) is 1. The van der Waals surface area contributed by atoms with Gasteiger partial charge in [-0.15, -0.1) is 0 Å². The van der Waals surface area contributed by atoms with Crippen LogP contribution >= 0.6 is 0 Å². The van der Waals surface area contributed by atoms with Gasteiger partial charge < -0.3 is 10.2 Å². The average Bonchev–Trinajstić information content (AvgIpc) is 2.46. The molecule has 0 bridgehead atoms. The van der Waals surface area contributed by atoms with Crippen molar-refractivity contribution in [3.63, 3.8) is 0 Å². The van der Waals surface area contributed by atoms with E-state index in [0.29, 0.717) is 12.5 Å². The minimum Gasteiger partial charge on any atom is -0.350 e. The molecule has 21 heavy (non-hydrogen) atoms. The van der Waals surface area contributed by atoms with E-state index in [1.807, 2.05) is 4.90 Å². The van der Waals surface area contributed by atoms with Crippen LogP contribution in [0.1, 0.15) is 19.8 Å². The van der Waals surface area contributed by atoms with Crippen molar-refractivity contribution in [1.82, 2.24) is 15.3 Å². The van der Waals surface area contributed by atoms with E-state index >= 15 is 0 Å². The van der Waals surface area contributed by atoms with Gasteiger partial charge in [0, 0.05) is 37.8 Å². The number of carbonyl (C=O) groups excluding carboxylic acids is 1. The Bertz CT molecular complexity index is 591. The third-order valence-electron chi connectivity index (χ3n) is 3.61. The molecule has 1 fully saturated rings. The molecule has 2 heterocycles. The van der Waals surface area contributed by atoms with Crippen LogP contribution in [0.5, 0.6) is 0 Å². The second-order valence-corrected chi connectivity index (χ2v) is 7.68. The lowest BCUT2D eigenvalue weighted by Crippen LogP contribution is -2.51. The van der Waals surface area contributed by atoms with Gasteiger partial charge in [-0.25, -0.2) is 18.4 Å². The van der Waals surface area contributed by atoms with E-state index in [0.717, 1.165) is 25.6 Å². The Labute approximate surface area is 124 Å². The number of piperidine rings is 1. The Hall–Kier alpha value is -1.70. The zero-order chi connectivity index (χ0) is 15.5. The highest BCUT2D eigenvalue weighted by Gasteiger charge is 2.28. The highest BCUT2D eigenvalue weighted by Crippen LogP contribution is 2.15. The minimum atomic E-state index is -3.37. The molecular formula is C13H20N4O3S. The summed E-state index contributed by atoms with van der Waals surface area (Å²) in [6.45, 7) is 2.83. The first-order valence-corrected chi connectivity index (χ1v) is 8.84. The van der Waals surface area contributed by atoms with E-state index < -0.39 is 21.0 Å². The average molecular weight is 312 g/mol. The minimum absolute atomic E-state index is 0.0840. The number of rotatable bonds is 4.